The summed E-state index contributed by atoms with van der Waals surface area (Å²) in [5, 5.41) is 0.190. The Bertz CT molecular complexity index is 1270. The smallest absolute Gasteiger partial charge is 0.333 e. The fourth-order valence-corrected chi connectivity index (χ4v) is 6.08. The molecule has 0 bridgehead atoms. The van der Waals surface area contributed by atoms with Crippen molar-refractivity contribution >= 4 is 59.1 Å². The van der Waals surface area contributed by atoms with Crippen LogP contribution < -0.4 is 4.90 Å². The van der Waals surface area contributed by atoms with Crippen molar-refractivity contribution in [3.05, 3.63) is 33.9 Å². The molecule has 0 radical (unpaired) electrons. The van der Waals surface area contributed by atoms with E-state index < -0.39 is 47.1 Å². The minimum absolute atomic E-state index is 0.0286. The topological polar surface area (TPSA) is 119 Å². The van der Waals surface area contributed by atoms with E-state index in [1.54, 1.807) is 12.1 Å². The van der Waals surface area contributed by atoms with Crippen LogP contribution in [-0.2, 0) is 25.6 Å². The highest BCUT2D eigenvalue weighted by Crippen LogP contribution is 2.51. The highest BCUT2D eigenvalue weighted by Gasteiger charge is 2.64. The molecule has 11 nitrogen and oxygen atoms in total. The van der Waals surface area contributed by atoms with Gasteiger partial charge in [-0.3, -0.25) is 38.8 Å². The summed E-state index contributed by atoms with van der Waals surface area (Å²) >= 11 is 6.83. The number of hydrogen-bond acceptors (Lipinski definition) is 7. The highest BCUT2D eigenvalue weighted by molar-refractivity contribution is 6.35. The molecule has 0 unspecified atom stereocenters. The van der Waals surface area contributed by atoms with Crippen LogP contribution >= 0.6 is 11.6 Å². The summed E-state index contributed by atoms with van der Waals surface area (Å²) in [6.07, 6.45) is 2.65. The van der Waals surface area contributed by atoms with E-state index in [0.29, 0.717) is 24.1 Å². The van der Waals surface area contributed by atoms with Gasteiger partial charge in [-0.2, -0.15) is 0 Å². The number of imide groups is 4. The van der Waals surface area contributed by atoms with E-state index >= 15 is 0 Å². The fourth-order valence-electron chi connectivity index (χ4n) is 5.80. The van der Waals surface area contributed by atoms with Gasteiger partial charge < -0.3 is 4.90 Å². The summed E-state index contributed by atoms with van der Waals surface area (Å²) in [5.41, 5.74) is -0.135. The van der Waals surface area contributed by atoms with Crippen LogP contribution in [0.4, 0.5) is 15.3 Å². The van der Waals surface area contributed by atoms with Gasteiger partial charge in [-0.05, 0) is 36.1 Å². The van der Waals surface area contributed by atoms with Crippen LogP contribution in [-0.4, -0.2) is 96.1 Å². The molecule has 0 saturated carbocycles. The van der Waals surface area contributed by atoms with E-state index in [9.17, 15) is 28.8 Å². The summed E-state index contributed by atoms with van der Waals surface area (Å²) in [5.74, 6) is -2.66. The van der Waals surface area contributed by atoms with Crippen molar-refractivity contribution in [1.29, 1.82) is 0 Å². The molecule has 36 heavy (non-hydrogen) atoms. The molecule has 1 spiro atoms. The van der Waals surface area contributed by atoms with Crippen LogP contribution in [0.3, 0.4) is 0 Å². The Balaban J connectivity index is 1.65. The summed E-state index contributed by atoms with van der Waals surface area (Å²) in [7, 11) is 5.28. The lowest BCUT2D eigenvalue weighted by molar-refractivity contribution is -0.159. The van der Waals surface area contributed by atoms with E-state index in [0.717, 1.165) is 31.7 Å². The second-order valence-corrected chi connectivity index (χ2v) is 9.92. The lowest BCUT2D eigenvalue weighted by Crippen LogP contribution is -2.70. The number of carbonyl (C=O) groups excluding carboxylic acids is 6. The van der Waals surface area contributed by atoms with Crippen LogP contribution in [0.5, 0.6) is 0 Å². The highest BCUT2D eigenvalue weighted by atomic mass is 35.5. The number of barbiturate groups is 2. The maximum Gasteiger partial charge on any atom is 0.333 e. The molecule has 3 fully saturated rings. The Hall–Kier alpha value is -3.73. The zero-order valence-corrected chi connectivity index (χ0v) is 21.0. The van der Waals surface area contributed by atoms with Crippen molar-refractivity contribution in [3.8, 4) is 0 Å². The molecule has 4 aliphatic rings. The number of carbonyl (C=O) groups is 6. The predicted octanol–water partition coefficient (Wildman–Crippen LogP) is 1.34. The van der Waals surface area contributed by atoms with Crippen molar-refractivity contribution < 1.29 is 28.8 Å². The molecule has 0 aliphatic carbocycles. The number of hydrogen-bond donors (Lipinski definition) is 0. The van der Waals surface area contributed by atoms with Gasteiger partial charge in [-0.25, -0.2) is 9.59 Å². The lowest BCUT2D eigenvalue weighted by atomic mass is 9.68. The number of benzene rings is 1. The average Bonchev–Trinajstić information content (AvgIpc) is 3.37. The lowest BCUT2D eigenvalue weighted by Gasteiger charge is -2.51. The number of nitrogens with zero attached hydrogens (tertiary/aromatic N) is 5. The predicted molar refractivity (Wildman–Crippen MR) is 128 cm³/mol. The molecular weight excluding hydrogens is 490 g/mol. The van der Waals surface area contributed by atoms with E-state index in [1.165, 1.54) is 34.3 Å². The van der Waals surface area contributed by atoms with Crippen LogP contribution in [0.1, 0.15) is 24.0 Å². The zero-order valence-electron chi connectivity index (χ0n) is 20.2. The first-order chi connectivity index (χ1) is 16.9. The molecule has 1 atom stereocenters. The summed E-state index contributed by atoms with van der Waals surface area (Å²) in [6, 6.07) is 1.61. The molecule has 4 heterocycles. The van der Waals surface area contributed by atoms with Crippen molar-refractivity contribution in [2.75, 3.05) is 39.6 Å². The van der Waals surface area contributed by atoms with Crippen LogP contribution in [0, 0.1) is 5.41 Å². The van der Waals surface area contributed by atoms with Gasteiger partial charge in [0.15, 0.2) is 5.41 Å². The Morgan fingerprint density at radius 3 is 2.00 bits per heavy atom. The third-order valence-corrected chi connectivity index (χ3v) is 8.17. The minimum Gasteiger partial charge on any atom is -0.367 e. The Labute approximate surface area is 211 Å². The third-order valence-electron chi connectivity index (χ3n) is 7.73. The Morgan fingerprint density at radius 1 is 0.861 bits per heavy atom. The van der Waals surface area contributed by atoms with Crippen molar-refractivity contribution in [3.63, 3.8) is 0 Å². The molecule has 3 saturated heterocycles. The van der Waals surface area contributed by atoms with Gasteiger partial charge in [0.05, 0.1) is 11.1 Å². The molecule has 1 aromatic carbocycles. The summed E-state index contributed by atoms with van der Waals surface area (Å²) < 4.78 is 0. The molecule has 0 N–H and O–H groups in total. The monoisotopic (exact) mass is 513 g/mol. The van der Waals surface area contributed by atoms with Gasteiger partial charge >= 0.3 is 12.1 Å². The van der Waals surface area contributed by atoms with Crippen molar-refractivity contribution in [2.45, 2.75) is 25.3 Å². The van der Waals surface area contributed by atoms with Gasteiger partial charge in [-0.15, -0.1) is 0 Å². The Morgan fingerprint density at radius 2 is 1.42 bits per heavy atom. The zero-order chi connectivity index (χ0) is 26.3. The first kappa shape index (κ1) is 24.0. The van der Waals surface area contributed by atoms with Gasteiger partial charge in [0.25, 0.3) is 11.8 Å². The van der Waals surface area contributed by atoms with Crippen molar-refractivity contribution in [1.82, 2.24) is 19.6 Å². The van der Waals surface area contributed by atoms with Crippen LogP contribution in [0.2, 0.25) is 5.02 Å². The number of likely N-dealkylation sites (N-methyl/N-ethyl adjacent to an activating group) is 2. The molecule has 12 heteroatoms. The summed E-state index contributed by atoms with van der Waals surface area (Å²) in [6.45, 7) is 0.604. The van der Waals surface area contributed by atoms with Gasteiger partial charge in [0, 0.05) is 46.8 Å². The van der Waals surface area contributed by atoms with Gasteiger partial charge in [-0.1, -0.05) is 17.7 Å². The SMILES string of the molecule is CN1C(=O)C(=Cc2ccc3c(c2Cl)CC2(C(=O)N(C)C(=O)N(C)C2=O)[C@@H]2CCCN32)C(=O)N(C)C1=O. The molecule has 8 amide bonds. The minimum atomic E-state index is -1.53. The maximum atomic E-state index is 13.6. The van der Waals surface area contributed by atoms with Gasteiger partial charge in [0.2, 0.25) is 11.8 Å². The Kier molecular flexibility index (Phi) is 5.26. The van der Waals surface area contributed by atoms with Crippen molar-refractivity contribution in [2.24, 2.45) is 5.41 Å². The second-order valence-electron chi connectivity index (χ2n) is 9.55. The number of urea groups is 2. The normalized spacial score (nSPS) is 23.8. The molecular formula is C24H24ClN5O6. The number of amides is 8. The van der Waals surface area contributed by atoms with Crippen LogP contribution in [0.15, 0.2) is 17.7 Å². The number of anilines is 1. The number of halogens is 1. The number of rotatable bonds is 1. The quantitative estimate of drug-likeness (QED) is 0.316. The van der Waals surface area contributed by atoms with Gasteiger partial charge in [0.1, 0.15) is 5.57 Å². The van der Waals surface area contributed by atoms with E-state index in [-0.39, 0.29) is 17.0 Å². The van der Waals surface area contributed by atoms with Crippen LogP contribution in [0.25, 0.3) is 6.08 Å². The standard InChI is InChI=1S/C24H24ClN5O6/c1-26-18(31)13(19(32)27(2)22(26)35)10-12-7-8-15-14(17(12)25)11-24(16-6-5-9-30(15)16)20(33)28(3)23(36)29(4)21(24)34/h7-8,10,16H,5-6,9,11H2,1-4H3/t16-/m0/s1. The maximum absolute atomic E-state index is 13.6. The number of fused-ring (bicyclic) bond motifs is 4. The first-order valence-electron chi connectivity index (χ1n) is 11.4. The fraction of sp³-hybridized carbons (Fsp3) is 0.417. The molecule has 0 aromatic heterocycles. The third kappa shape index (κ3) is 2.92. The second kappa shape index (κ2) is 7.89. The first-order valence-corrected chi connectivity index (χ1v) is 11.8. The molecule has 188 valence electrons. The largest absolute Gasteiger partial charge is 0.367 e. The molecule has 4 aliphatic heterocycles. The van der Waals surface area contributed by atoms with E-state index in [2.05, 4.69) is 0 Å². The average molecular weight is 514 g/mol. The van der Waals surface area contributed by atoms with E-state index in [4.69, 9.17) is 11.6 Å². The molecule has 1 aromatic rings. The van der Waals surface area contributed by atoms with E-state index in [1.807, 2.05) is 4.90 Å². The molecule has 5 rings (SSSR count). The summed E-state index contributed by atoms with van der Waals surface area (Å²) in [4.78, 5) is 82.7.